The first-order valence-electron chi connectivity index (χ1n) is 10.1. The van der Waals surface area contributed by atoms with E-state index in [1.54, 1.807) is 13.0 Å². The van der Waals surface area contributed by atoms with Crippen molar-refractivity contribution in [3.8, 4) is 6.07 Å². The zero-order valence-corrected chi connectivity index (χ0v) is 18.0. The number of benzene rings is 2. The molecule has 164 valence electrons. The highest BCUT2D eigenvalue weighted by molar-refractivity contribution is 6.00. The first-order valence-corrected chi connectivity index (χ1v) is 10.1. The molecule has 0 spiro atoms. The number of hydrogen-bond donors (Lipinski definition) is 1. The van der Waals surface area contributed by atoms with Crippen LogP contribution in [0.5, 0.6) is 0 Å². The van der Waals surface area contributed by atoms with Crippen LogP contribution in [0.2, 0.25) is 0 Å². The Kier molecular flexibility index (Phi) is 6.59. The van der Waals surface area contributed by atoms with Crippen LogP contribution in [0.25, 0.3) is 5.76 Å². The van der Waals surface area contributed by atoms with Crippen molar-refractivity contribution in [3.63, 3.8) is 0 Å². The highest BCUT2D eigenvalue weighted by atomic mass is 16.6. The molecule has 1 unspecified atom stereocenters. The zero-order chi connectivity index (χ0) is 23.4. The summed E-state index contributed by atoms with van der Waals surface area (Å²) in [7, 11) is 0. The summed E-state index contributed by atoms with van der Waals surface area (Å²) >= 11 is 0. The fourth-order valence-corrected chi connectivity index (χ4v) is 3.56. The Hall–Kier alpha value is -4.12. The van der Waals surface area contributed by atoms with Crippen LogP contribution in [0.15, 0.2) is 65.6 Å². The molecule has 2 aromatic rings. The minimum absolute atomic E-state index is 0.0292. The number of ether oxygens (including phenoxy) is 2. The number of nitrogens with zero attached hydrogens (tertiary/aromatic N) is 2. The molecule has 0 aromatic heterocycles. The van der Waals surface area contributed by atoms with Crippen molar-refractivity contribution in [2.75, 3.05) is 6.61 Å². The van der Waals surface area contributed by atoms with E-state index in [2.05, 4.69) is 13.8 Å². The second-order valence-corrected chi connectivity index (χ2v) is 7.52. The van der Waals surface area contributed by atoms with E-state index >= 15 is 0 Å². The lowest BCUT2D eigenvalue weighted by Gasteiger charge is -2.28. The third kappa shape index (κ3) is 4.32. The zero-order valence-electron chi connectivity index (χ0n) is 18.0. The second kappa shape index (κ2) is 9.35. The summed E-state index contributed by atoms with van der Waals surface area (Å²) in [4.78, 5) is 23.8. The molecule has 8 heteroatoms. The molecule has 1 aliphatic heterocycles. The lowest BCUT2D eigenvalue weighted by molar-refractivity contribution is -0.384. The Bertz CT molecular complexity index is 1160. The third-order valence-electron chi connectivity index (χ3n) is 5.17. The van der Waals surface area contributed by atoms with Gasteiger partial charge in [-0.1, -0.05) is 50.2 Å². The van der Waals surface area contributed by atoms with E-state index in [0.29, 0.717) is 11.5 Å². The first kappa shape index (κ1) is 22.6. The molecule has 0 fully saturated rings. The van der Waals surface area contributed by atoms with Gasteiger partial charge in [-0.15, -0.1) is 0 Å². The molecular formula is C24H23N3O5. The Morgan fingerprint density at radius 1 is 1.28 bits per heavy atom. The van der Waals surface area contributed by atoms with Gasteiger partial charge in [0.25, 0.3) is 5.69 Å². The molecule has 2 N–H and O–H groups in total. The molecule has 3 rings (SSSR count). The van der Waals surface area contributed by atoms with Crippen molar-refractivity contribution < 1.29 is 19.2 Å². The third-order valence-corrected chi connectivity index (χ3v) is 5.17. The lowest BCUT2D eigenvalue weighted by Crippen LogP contribution is -2.26. The summed E-state index contributed by atoms with van der Waals surface area (Å²) in [5.74, 6) is -1.37. The van der Waals surface area contributed by atoms with Crippen LogP contribution in [0.1, 0.15) is 49.3 Å². The van der Waals surface area contributed by atoms with Gasteiger partial charge >= 0.3 is 5.97 Å². The van der Waals surface area contributed by atoms with Gasteiger partial charge in [0.2, 0.25) is 5.88 Å². The van der Waals surface area contributed by atoms with Crippen LogP contribution in [0, 0.1) is 21.4 Å². The number of esters is 1. The van der Waals surface area contributed by atoms with Gasteiger partial charge < -0.3 is 15.2 Å². The highest BCUT2D eigenvalue weighted by Crippen LogP contribution is 2.43. The molecule has 0 bridgehead atoms. The Labute approximate surface area is 185 Å². The van der Waals surface area contributed by atoms with E-state index in [4.69, 9.17) is 15.2 Å². The summed E-state index contributed by atoms with van der Waals surface area (Å²) in [6.07, 6.45) is 0. The van der Waals surface area contributed by atoms with Crippen LogP contribution in [-0.4, -0.2) is 17.5 Å². The van der Waals surface area contributed by atoms with E-state index in [9.17, 15) is 20.2 Å². The molecule has 1 aliphatic rings. The molecule has 1 atom stereocenters. The molecule has 2 aromatic carbocycles. The number of nitro groups is 1. The quantitative estimate of drug-likeness (QED) is 0.403. The second-order valence-electron chi connectivity index (χ2n) is 7.52. The normalized spacial score (nSPS) is 15.9. The van der Waals surface area contributed by atoms with Gasteiger partial charge in [0, 0.05) is 17.7 Å². The largest absolute Gasteiger partial charge is 0.463 e. The number of rotatable bonds is 6. The average Bonchev–Trinajstić information content (AvgIpc) is 2.78. The topological polar surface area (TPSA) is 128 Å². The SMILES string of the molecule is CCOC(=O)C1=C(c2cccc([N+](=O)[O-])c2)OC(N)=C(C#N)C1c1ccc(C(C)C)cc1. The van der Waals surface area contributed by atoms with Gasteiger partial charge in [-0.2, -0.15) is 5.26 Å². The van der Waals surface area contributed by atoms with Crippen molar-refractivity contribution >= 4 is 17.4 Å². The Balaban J connectivity index is 2.27. The number of non-ortho nitro benzene ring substituents is 1. The molecule has 1 heterocycles. The van der Waals surface area contributed by atoms with E-state index in [0.717, 1.165) is 5.56 Å². The van der Waals surface area contributed by atoms with Crippen LogP contribution in [0.3, 0.4) is 0 Å². The lowest BCUT2D eigenvalue weighted by atomic mass is 9.81. The summed E-state index contributed by atoms with van der Waals surface area (Å²) in [6, 6.07) is 15.3. The average molecular weight is 433 g/mol. The van der Waals surface area contributed by atoms with Crippen LogP contribution in [0.4, 0.5) is 5.69 Å². The Morgan fingerprint density at radius 2 is 1.97 bits per heavy atom. The summed E-state index contributed by atoms with van der Waals surface area (Å²) in [5, 5.41) is 21.1. The van der Waals surface area contributed by atoms with Crippen LogP contribution < -0.4 is 5.73 Å². The number of nitrogens with two attached hydrogens (primary N) is 1. The van der Waals surface area contributed by atoms with E-state index in [1.165, 1.54) is 18.2 Å². The predicted molar refractivity (Wildman–Crippen MR) is 118 cm³/mol. The van der Waals surface area contributed by atoms with E-state index in [1.807, 2.05) is 30.3 Å². The predicted octanol–water partition coefficient (Wildman–Crippen LogP) is 4.50. The molecule has 0 saturated carbocycles. The molecule has 32 heavy (non-hydrogen) atoms. The van der Waals surface area contributed by atoms with Crippen molar-refractivity contribution in [1.82, 2.24) is 0 Å². The van der Waals surface area contributed by atoms with Gasteiger partial charge in [0.05, 0.1) is 23.0 Å². The maximum atomic E-state index is 13.1. The van der Waals surface area contributed by atoms with Gasteiger partial charge in [0.1, 0.15) is 17.4 Å². The van der Waals surface area contributed by atoms with Crippen molar-refractivity contribution in [1.29, 1.82) is 5.26 Å². The van der Waals surface area contributed by atoms with Crippen LogP contribution in [-0.2, 0) is 14.3 Å². The number of allylic oxidation sites excluding steroid dienone is 1. The van der Waals surface area contributed by atoms with Crippen LogP contribution >= 0.6 is 0 Å². The van der Waals surface area contributed by atoms with Gasteiger partial charge in [-0.05, 0) is 24.0 Å². The van der Waals surface area contributed by atoms with Gasteiger partial charge in [-0.25, -0.2) is 4.79 Å². The first-order chi connectivity index (χ1) is 15.3. The fraction of sp³-hybridized carbons (Fsp3) is 0.250. The monoisotopic (exact) mass is 433 g/mol. The molecular weight excluding hydrogens is 410 g/mol. The standard InChI is InChI=1S/C24H23N3O5/c1-4-31-24(28)21-20(16-10-8-15(9-11-16)14(2)3)19(13-25)23(26)32-22(21)17-6-5-7-18(12-17)27(29)30/h5-12,14,20H,4,26H2,1-3H3. The minimum atomic E-state index is -0.844. The summed E-state index contributed by atoms with van der Waals surface area (Å²) < 4.78 is 11.0. The number of carbonyl (C=O) groups excluding carboxylic acids is 1. The highest BCUT2D eigenvalue weighted by Gasteiger charge is 2.38. The maximum Gasteiger partial charge on any atom is 0.338 e. The Morgan fingerprint density at radius 3 is 2.53 bits per heavy atom. The number of carbonyl (C=O) groups is 1. The number of nitriles is 1. The number of hydrogen-bond acceptors (Lipinski definition) is 7. The molecule has 8 nitrogen and oxygen atoms in total. The van der Waals surface area contributed by atoms with Crippen molar-refractivity contribution in [3.05, 3.63) is 92.4 Å². The molecule has 0 saturated heterocycles. The molecule has 0 radical (unpaired) electrons. The summed E-state index contributed by atoms with van der Waals surface area (Å²) in [6.45, 7) is 5.89. The van der Waals surface area contributed by atoms with Crippen molar-refractivity contribution in [2.45, 2.75) is 32.6 Å². The maximum absolute atomic E-state index is 13.1. The fourth-order valence-electron chi connectivity index (χ4n) is 3.56. The molecule has 0 amide bonds. The van der Waals surface area contributed by atoms with Gasteiger partial charge in [-0.3, -0.25) is 10.1 Å². The summed E-state index contributed by atoms with van der Waals surface area (Å²) in [5.41, 5.74) is 8.07. The smallest absolute Gasteiger partial charge is 0.338 e. The molecule has 0 aliphatic carbocycles. The minimum Gasteiger partial charge on any atom is -0.463 e. The van der Waals surface area contributed by atoms with Gasteiger partial charge in [0.15, 0.2) is 0 Å². The number of nitro benzene ring substituents is 1. The van der Waals surface area contributed by atoms with E-state index < -0.39 is 16.8 Å². The van der Waals surface area contributed by atoms with E-state index in [-0.39, 0.29) is 40.6 Å². The van der Waals surface area contributed by atoms with Crippen molar-refractivity contribution in [2.24, 2.45) is 5.73 Å².